The van der Waals surface area contributed by atoms with Crippen LogP contribution in [0.2, 0.25) is 0 Å². The molecule has 31 heavy (non-hydrogen) atoms. The molecule has 1 heterocycles. The summed E-state index contributed by atoms with van der Waals surface area (Å²) in [5.41, 5.74) is 2.44. The second kappa shape index (κ2) is 10.6. The summed E-state index contributed by atoms with van der Waals surface area (Å²) in [6, 6.07) is 14.9. The van der Waals surface area contributed by atoms with Crippen LogP contribution in [-0.2, 0) is 16.0 Å². The van der Waals surface area contributed by atoms with Crippen molar-refractivity contribution in [1.29, 1.82) is 0 Å². The number of rotatable bonds is 7. The lowest BCUT2D eigenvalue weighted by molar-refractivity contribution is -0.139. The van der Waals surface area contributed by atoms with E-state index in [1.165, 1.54) is 0 Å². The first kappa shape index (κ1) is 22.3. The van der Waals surface area contributed by atoms with E-state index in [0.717, 1.165) is 16.9 Å². The fourth-order valence-corrected chi connectivity index (χ4v) is 3.64. The van der Waals surface area contributed by atoms with Crippen molar-refractivity contribution in [3.05, 3.63) is 65.2 Å². The molecule has 7 nitrogen and oxygen atoms in total. The van der Waals surface area contributed by atoms with Crippen LogP contribution >= 0.6 is 0 Å². The van der Waals surface area contributed by atoms with Crippen molar-refractivity contribution in [2.24, 2.45) is 0 Å². The minimum Gasteiger partial charge on any atom is -0.497 e. The number of hydrogen-bond acceptors (Lipinski definition) is 4. The Balaban J connectivity index is 1.40. The first-order valence-electron chi connectivity index (χ1n) is 10.5. The van der Waals surface area contributed by atoms with Gasteiger partial charge in [0.2, 0.25) is 11.8 Å². The average Bonchev–Trinajstić information content (AvgIpc) is 2.79. The molecule has 3 rings (SSSR count). The lowest BCUT2D eigenvalue weighted by Crippen LogP contribution is -2.51. The summed E-state index contributed by atoms with van der Waals surface area (Å²) in [7, 11) is 1.60. The topological polar surface area (TPSA) is 79.0 Å². The third kappa shape index (κ3) is 6.07. The fourth-order valence-electron chi connectivity index (χ4n) is 3.64. The van der Waals surface area contributed by atoms with Gasteiger partial charge in [-0.3, -0.25) is 14.4 Å². The van der Waals surface area contributed by atoms with Gasteiger partial charge >= 0.3 is 0 Å². The molecule has 164 valence electrons. The van der Waals surface area contributed by atoms with Gasteiger partial charge in [0.05, 0.1) is 13.5 Å². The summed E-state index contributed by atoms with van der Waals surface area (Å²) in [4.78, 5) is 40.9. The zero-order chi connectivity index (χ0) is 22.2. The number of amides is 3. The van der Waals surface area contributed by atoms with Gasteiger partial charge in [0.15, 0.2) is 0 Å². The lowest BCUT2D eigenvalue weighted by Gasteiger charge is -2.35. The summed E-state index contributed by atoms with van der Waals surface area (Å²) >= 11 is 0. The van der Waals surface area contributed by atoms with E-state index in [9.17, 15) is 14.4 Å². The summed E-state index contributed by atoms with van der Waals surface area (Å²) in [5, 5.41) is 2.81. The maximum atomic E-state index is 12.6. The molecule has 7 heteroatoms. The number of carbonyl (C=O) groups excluding carboxylic acids is 3. The first-order chi connectivity index (χ1) is 15.0. The Kier molecular flexibility index (Phi) is 7.65. The molecule has 0 atom stereocenters. The summed E-state index contributed by atoms with van der Waals surface area (Å²) in [6.07, 6.45) is 0.561. The third-order valence-corrected chi connectivity index (χ3v) is 5.49. The smallest absolute Gasteiger partial charge is 0.251 e. The van der Waals surface area contributed by atoms with Crippen LogP contribution in [0.15, 0.2) is 48.5 Å². The number of methoxy groups -OCH3 is 1. The lowest BCUT2D eigenvalue weighted by atomic mass is 10.1. The predicted molar refractivity (Wildman–Crippen MR) is 118 cm³/mol. The highest BCUT2D eigenvalue weighted by Crippen LogP contribution is 2.14. The van der Waals surface area contributed by atoms with Crippen molar-refractivity contribution >= 4 is 17.7 Å². The van der Waals surface area contributed by atoms with Crippen LogP contribution in [0, 0.1) is 6.92 Å². The van der Waals surface area contributed by atoms with Crippen molar-refractivity contribution in [3.8, 4) is 5.75 Å². The monoisotopic (exact) mass is 423 g/mol. The summed E-state index contributed by atoms with van der Waals surface area (Å²) in [5.74, 6) is 0.602. The van der Waals surface area contributed by atoms with E-state index in [2.05, 4.69) is 5.32 Å². The summed E-state index contributed by atoms with van der Waals surface area (Å²) < 4.78 is 5.20. The number of hydrogen-bond donors (Lipinski definition) is 1. The second-order valence-corrected chi connectivity index (χ2v) is 7.61. The molecular formula is C24H29N3O4. The molecule has 0 unspecified atom stereocenters. The van der Waals surface area contributed by atoms with E-state index in [1.54, 1.807) is 23.0 Å². The maximum absolute atomic E-state index is 12.6. The molecule has 3 amide bonds. The SMILES string of the molecule is COc1cccc(CC(=O)N2CCN(C(=O)CCNC(=O)c3ccccc3C)CC2)c1. The normalized spacial score (nSPS) is 13.6. The number of benzene rings is 2. The molecule has 2 aromatic rings. The van der Waals surface area contributed by atoms with Crippen molar-refractivity contribution in [1.82, 2.24) is 15.1 Å². The van der Waals surface area contributed by atoms with Gasteiger partial charge in [-0.2, -0.15) is 0 Å². The van der Waals surface area contributed by atoms with E-state index < -0.39 is 0 Å². The van der Waals surface area contributed by atoms with Gasteiger partial charge in [0.1, 0.15) is 5.75 Å². The first-order valence-corrected chi connectivity index (χ1v) is 10.5. The van der Waals surface area contributed by atoms with Gasteiger partial charge < -0.3 is 19.9 Å². The van der Waals surface area contributed by atoms with Crippen molar-refractivity contribution < 1.29 is 19.1 Å². The van der Waals surface area contributed by atoms with Gasteiger partial charge in [-0.05, 0) is 36.2 Å². The largest absolute Gasteiger partial charge is 0.497 e. The molecule has 0 radical (unpaired) electrons. The minimum absolute atomic E-state index is 0.00928. The number of nitrogens with zero attached hydrogens (tertiary/aromatic N) is 2. The van der Waals surface area contributed by atoms with E-state index in [-0.39, 0.29) is 24.1 Å². The van der Waals surface area contributed by atoms with Gasteiger partial charge in [-0.25, -0.2) is 0 Å². The third-order valence-electron chi connectivity index (χ3n) is 5.49. The maximum Gasteiger partial charge on any atom is 0.251 e. The van der Waals surface area contributed by atoms with Crippen LogP contribution in [0.1, 0.15) is 27.9 Å². The zero-order valence-corrected chi connectivity index (χ0v) is 18.1. The fraction of sp³-hybridized carbons (Fsp3) is 0.375. The molecular weight excluding hydrogens is 394 g/mol. The number of piperazine rings is 1. The highest BCUT2D eigenvalue weighted by molar-refractivity contribution is 5.95. The van der Waals surface area contributed by atoms with Crippen LogP contribution in [0.4, 0.5) is 0 Å². The molecule has 0 aromatic heterocycles. The number of nitrogens with one attached hydrogen (secondary N) is 1. The molecule has 1 N–H and O–H groups in total. The number of aryl methyl sites for hydroxylation is 1. The van der Waals surface area contributed by atoms with Gasteiger partial charge in [0, 0.05) is 44.7 Å². The average molecular weight is 424 g/mol. The molecule has 2 aromatic carbocycles. The van der Waals surface area contributed by atoms with Gasteiger partial charge in [-0.1, -0.05) is 30.3 Å². The van der Waals surface area contributed by atoms with Gasteiger partial charge in [-0.15, -0.1) is 0 Å². The molecule has 1 fully saturated rings. The highest BCUT2D eigenvalue weighted by Gasteiger charge is 2.24. The highest BCUT2D eigenvalue weighted by atomic mass is 16.5. The number of carbonyl (C=O) groups is 3. The Bertz CT molecular complexity index is 936. The van der Waals surface area contributed by atoms with Crippen LogP contribution in [0.3, 0.4) is 0 Å². The zero-order valence-electron chi connectivity index (χ0n) is 18.1. The number of ether oxygens (including phenoxy) is 1. The van der Waals surface area contributed by atoms with E-state index in [4.69, 9.17) is 4.74 Å². The predicted octanol–water partition coefficient (Wildman–Crippen LogP) is 2.04. The van der Waals surface area contributed by atoms with Crippen molar-refractivity contribution in [2.45, 2.75) is 19.8 Å². The van der Waals surface area contributed by atoms with Crippen LogP contribution < -0.4 is 10.1 Å². The molecule has 0 saturated carbocycles. The Labute approximate surface area is 183 Å². The Hall–Kier alpha value is -3.35. The molecule has 0 bridgehead atoms. The van der Waals surface area contributed by atoms with Crippen LogP contribution in [0.25, 0.3) is 0 Å². The molecule has 1 saturated heterocycles. The second-order valence-electron chi connectivity index (χ2n) is 7.61. The molecule has 0 spiro atoms. The minimum atomic E-state index is -0.168. The molecule has 0 aliphatic carbocycles. The molecule has 1 aliphatic rings. The quantitative estimate of drug-likeness (QED) is 0.739. The Morgan fingerprint density at radius 1 is 0.935 bits per heavy atom. The molecule has 1 aliphatic heterocycles. The van der Waals surface area contributed by atoms with E-state index in [0.29, 0.717) is 44.7 Å². The summed E-state index contributed by atoms with van der Waals surface area (Å²) in [6.45, 7) is 4.23. The Morgan fingerprint density at radius 3 is 2.29 bits per heavy atom. The van der Waals surface area contributed by atoms with E-state index >= 15 is 0 Å². The van der Waals surface area contributed by atoms with Crippen LogP contribution in [0.5, 0.6) is 5.75 Å². The van der Waals surface area contributed by atoms with Crippen molar-refractivity contribution in [3.63, 3.8) is 0 Å². The van der Waals surface area contributed by atoms with Gasteiger partial charge in [0.25, 0.3) is 5.91 Å². The van der Waals surface area contributed by atoms with E-state index in [1.807, 2.05) is 49.4 Å². The standard InChI is InChI=1S/C24H29N3O4/c1-18-6-3-4-9-21(18)24(30)25-11-10-22(28)26-12-14-27(15-13-26)23(29)17-19-7-5-8-20(16-19)31-2/h3-9,16H,10-15,17H2,1-2H3,(H,25,30). The Morgan fingerprint density at radius 2 is 1.61 bits per heavy atom. The van der Waals surface area contributed by atoms with Crippen LogP contribution in [-0.4, -0.2) is 67.4 Å². The van der Waals surface area contributed by atoms with Crippen molar-refractivity contribution in [2.75, 3.05) is 39.8 Å².